The number of carboxylic acid groups (broad SMARTS) is 2. The van der Waals surface area contributed by atoms with Gasteiger partial charge in [-0.15, -0.1) is 0 Å². The van der Waals surface area contributed by atoms with Crippen molar-refractivity contribution < 1.29 is 29.9 Å². The van der Waals surface area contributed by atoms with Crippen LogP contribution in [0.2, 0.25) is 6.32 Å². The lowest BCUT2D eigenvalue weighted by molar-refractivity contribution is -0.144. The van der Waals surface area contributed by atoms with E-state index in [0.29, 0.717) is 25.8 Å². The second kappa shape index (κ2) is 9.72. The van der Waals surface area contributed by atoms with Crippen LogP contribution in [0.1, 0.15) is 39.0 Å². The van der Waals surface area contributed by atoms with E-state index in [2.05, 4.69) is 5.32 Å². The molecular formula is C12H25BN2O6. The normalized spacial score (nSPS) is 15.2. The number of aliphatic carboxylic acids is 2. The molecule has 0 aliphatic rings. The molecule has 0 aliphatic carbocycles. The molecule has 8 nitrogen and oxygen atoms in total. The van der Waals surface area contributed by atoms with Crippen LogP contribution in [-0.4, -0.2) is 57.4 Å². The Bertz CT molecular complexity index is 342. The van der Waals surface area contributed by atoms with Crippen molar-refractivity contribution in [2.24, 2.45) is 5.73 Å². The summed E-state index contributed by atoms with van der Waals surface area (Å²) in [5.41, 5.74) is 4.50. The maximum absolute atomic E-state index is 11.2. The summed E-state index contributed by atoms with van der Waals surface area (Å²) in [7, 11) is -1.39. The highest BCUT2D eigenvalue weighted by Crippen LogP contribution is 2.19. The van der Waals surface area contributed by atoms with Crippen molar-refractivity contribution in [3.8, 4) is 0 Å². The number of hydrogen-bond donors (Lipinski definition) is 6. The van der Waals surface area contributed by atoms with Crippen LogP contribution in [0.5, 0.6) is 0 Å². The van der Waals surface area contributed by atoms with Gasteiger partial charge in [0.15, 0.2) is 0 Å². The Labute approximate surface area is 124 Å². The summed E-state index contributed by atoms with van der Waals surface area (Å²) in [6, 6.07) is -0.687. The quantitative estimate of drug-likeness (QED) is 0.203. The maximum Gasteiger partial charge on any atom is 0.451 e. The number of rotatable bonds is 12. The predicted octanol–water partition coefficient (Wildman–Crippen LogP) is -0.745. The topological polar surface area (TPSA) is 153 Å². The van der Waals surface area contributed by atoms with Crippen LogP contribution in [0.15, 0.2) is 0 Å². The summed E-state index contributed by atoms with van der Waals surface area (Å²) in [4.78, 5) is 21.9. The highest BCUT2D eigenvalue weighted by atomic mass is 16.4. The van der Waals surface area contributed by atoms with Crippen molar-refractivity contribution in [2.45, 2.75) is 56.9 Å². The first-order valence-corrected chi connectivity index (χ1v) is 7.03. The monoisotopic (exact) mass is 304 g/mol. The average molecular weight is 304 g/mol. The van der Waals surface area contributed by atoms with E-state index in [1.54, 1.807) is 0 Å². The van der Waals surface area contributed by atoms with Crippen molar-refractivity contribution in [2.75, 3.05) is 6.54 Å². The fourth-order valence-electron chi connectivity index (χ4n) is 1.92. The lowest BCUT2D eigenvalue weighted by Crippen LogP contribution is -2.48. The molecule has 0 bridgehead atoms. The highest BCUT2D eigenvalue weighted by Gasteiger charge is 2.32. The Hall–Kier alpha value is -1.16. The van der Waals surface area contributed by atoms with Crippen molar-refractivity contribution in [1.29, 1.82) is 0 Å². The van der Waals surface area contributed by atoms with Gasteiger partial charge in [0.25, 0.3) is 0 Å². The second-order valence-corrected chi connectivity index (χ2v) is 5.31. The van der Waals surface area contributed by atoms with Crippen molar-refractivity contribution in [1.82, 2.24) is 5.32 Å². The molecule has 0 spiro atoms. The molecule has 0 aromatic heterocycles. The van der Waals surface area contributed by atoms with E-state index in [-0.39, 0.29) is 19.2 Å². The molecule has 2 atom stereocenters. The fraction of sp³-hybridized carbons (Fsp3) is 0.833. The zero-order chi connectivity index (χ0) is 16.5. The van der Waals surface area contributed by atoms with Gasteiger partial charge in [0.1, 0.15) is 11.6 Å². The number of carbonyl (C=O) groups is 2. The fourth-order valence-corrected chi connectivity index (χ4v) is 1.92. The molecule has 9 heteroatoms. The Balaban J connectivity index is 4.10. The maximum atomic E-state index is 11.2. The molecular weight excluding hydrogens is 279 g/mol. The first-order valence-electron chi connectivity index (χ1n) is 7.03. The highest BCUT2D eigenvalue weighted by molar-refractivity contribution is 6.40. The first kappa shape index (κ1) is 19.8. The minimum absolute atomic E-state index is 0.188. The van der Waals surface area contributed by atoms with Crippen molar-refractivity contribution in [3.05, 3.63) is 0 Å². The lowest BCUT2D eigenvalue weighted by atomic mass is 9.81. The minimum Gasteiger partial charge on any atom is -0.480 e. The molecule has 1 unspecified atom stereocenters. The number of nitrogens with one attached hydrogen (secondary N) is 1. The van der Waals surface area contributed by atoms with Crippen LogP contribution < -0.4 is 11.1 Å². The van der Waals surface area contributed by atoms with E-state index in [9.17, 15) is 14.7 Å². The lowest BCUT2D eigenvalue weighted by Gasteiger charge is -2.25. The molecule has 0 saturated heterocycles. The average Bonchev–Trinajstić information content (AvgIpc) is 2.39. The van der Waals surface area contributed by atoms with Crippen LogP contribution in [-0.2, 0) is 9.59 Å². The largest absolute Gasteiger partial charge is 0.480 e. The van der Waals surface area contributed by atoms with E-state index in [4.69, 9.17) is 20.9 Å². The Kier molecular flexibility index (Phi) is 9.19. The molecule has 0 aliphatic heterocycles. The SMILES string of the molecule is C[C@H](NCCCC(N)(CCCCB(O)O)C(=O)O)C(=O)O. The molecule has 0 rings (SSSR count). The summed E-state index contributed by atoms with van der Waals surface area (Å²) in [5.74, 6) is -2.06. The second-order valence-electron chi connectivity index (χ2n) is 5.31. The van der Waals surface area contributed by atoms with Gasteiger partial charge >= 0.3 is 19.1 Å². The Morgan fingerprint density at radius 3 is 2.24 bits per heavy atom. The van der Waals surface area contributed by atoms with Crippen LogP contribution >= 0.6 is 0 Å². The zero-order valence-corrected chi connectivity index (χ0v) is 12.3. The Morgan fingerprint density at radius 2 is 1.76 bits per heavy atom. The summed E-state index contributed by atoms with van der Waals surface area (Å²) in [6.07, 6.45) is 2.07. The van der Waals surface area contributed by atoms with Gasteiger partial charge in [0, 0.05) is 0 Å². The third-order valence-electron chi connectivity index (χ3n) is 3.38. The third kappa shape index (κ3) is 8.66. The van der Waals surface area contributed by atoms with Crippen LogP contribution in [0, 0.1) is 0 Å². The van der Waals surface area contributed by atoms with E-state index in [1.807, 2.05) is 0 Å². The van der Waals surface area contributed by atoms with Gasteiger partial charge in [-0.3, -0.25) is 9.59 Å². The van der Waals surface area contributed by atoms with Gasteiger partial charge < -0.3 is 31.3 Å². The van der Waals surface area contributed by atoms with Gasteiger partial charge in [-0.1, -0.05) is 12.8 Å². The summed E-state index contributed by atoms with van der Waals surface area (Å²) in [5, 5.41) is 38.1. The van der Waals surface area contributed by atoms with E-state index >= 15 is 0 Å². The zero-order valence-electron chi connectivity index (χ0n) is 12.3. The first-order chi connectivity index (χ1) is 9.69. The molecule has 0 radical (unpaired) electrons. The van der Waals surface area contributed by atoms with Crippen LogP contribution in [0.3, 0.4) is 0 Å². The third-order valence-corrected chi connectivity index (χ3v) is 3.38. The van der Waals surface area contributed by atoms with Gasteiger partial charge in [-0.25, -0.2) is 0 Å². The molecule has 7 N–H and O–H groups in total. The summed E-state index contributed by atoms with van der Waals surface area (Å²) < 4.78 is 0. The van der Waals surface area contributed by atoms with Gasteiger partial charge in [0.05, 0.1) is 0 Å². The van der Waals surface area contributed by atoms with Gasteiger partial charge in [-0.05, 0) is 39.1 Å². The number of unbranched alkanes of at least 4 members (excludes halogenated alkanes) is 1. The van der Waals surface area contributed by atoms with Crippen LogP contribution in [0.25, 0.3) is 0 Å². The molecule has 0 saturated carbocycles. The molecule has 0 aromatic carbocycles. The van der Waals surface area contributed by atoms with Crippen molar-refractivity contribution in [3.63, 3.8) is 0 Å². The summed E-state index contributed by atoms with van der Waals surface area (Å²) >= 11 is 0. The van der Waals surface area contributed by atoms with Gasteiger partial charge in [0.2, 0.25) is 0 Å². The van der Waals surface area contributed by atoms with E-state index in [0.717, 1.165) is 0 Å². The van der Waals surface area contributed by atoms with Crippen LogP contribution in [0.4, 0.5) is 0 Å². The molecule has 0 heterocycles. The standard InChI is InChI=1S/C12H25BN2O6/c1-9(10(16)17)15-8-4-6-12(14,11(18)19)5-2-3-7-13(20)21/h9,15,20-21H,2-8,14H2,1H3,(H,16,17)(H,18,19)/t9-,12?/m0/s1. The molecule has 0 amide bonds. The van der Waals surface area contributed by atoms with Gasteiger partial charge in [-0.2, -0.15) is 0 Å². The molecule has 21 heavy (non-hydrogen) atoms. The molecule has 122 valence electrons. The van der Waals surface area contributed by atoms with Crippen molar-refractivity contribution >= 4 is 19.1 Å². The number of carboxylic acids is 2. The molecule has 0 aromatic rings. The molecule has 0 fully saturated rings. The van der Waals surface area contributed by atoms with E-state index in [1.165, 1.54) is 6.92 Å². The number of nitrogens with two attached hydrogens (primary N) is 1. The smallest absolute Gasteiger partial charge is 0.451 e. The minimum atomic E-state index is -1.39. The summed E-state index contributed by atoms with van der Waals surface area (Å²) in [6.45, 7) is 1.88. The number of hydrogen-bond acceptors (Lipinski definition) is 6. The van der Waals surface area contributed by atoms with E-state index < -0.39 is 30.6 Å². The predicted molar refractivity (Wildman–Crippen MR) is 77.7 cm³/mol. The Morgan fingerprint density at radius 1 is 1.19 bits per heavy atom.